The average molecular weight is 430 g/mol. The van der Waals surface area contributed by atoms with Crippen molar-refractivity contribution in [2.75, 3.05) is 6.61 Å². The summed E-state index contributed by atoms with van der Waals surface area (Å²) in [7, 11) is 0. The molecule has 0 heterocycles. The van der Waals surface area contributed by atoms with Crippen LogP contribution in [0.3, 0.4) is 0 Å². The van der Waals surface area contributed by atoms with Gasteiger partial charge in [-0.05, 0) is 54.5 Å². The molecule has 4 rings (SSSR count). The first-order valence-electron chi connectivity index (χ1n) is 12.0. The maximum Gasteiger partial charge on any atom is 0.119 e. The van der Waals surface area contributed by atoms with E-state index in [9.17, 15) is 5.11 Å². The summed E-state index contributed by atoms with van der Waals surface area (Å²) >= 11 is 0. The normalized spacial score (nSPS) is 16.4. The first kappa shape index (κ1) is 22.6. The second-order valence-corrected chi connectivity index (χ2v) is 8.91. The summed E-state index contributed by atoms with van der Waals surface area (Å²) in [5, 5.41) is 13.5. The van der Waals surface area contributed by atoms with Crippen LogP contribution in [0.1, 0.15) is 67.7 Å². The fourth-order valence-electron chi connectivity index (χ4n) is 4.92. The quantitative estimate of drug-likeness (QED) is 0.385. The van der Waals surface area contributed by atoms with Crippen LogP contribution in [0.5, 0.6) is 5.75 Å². The maximum absolute atomic E-state index is 9.47. The van der Waals surface area contributed by atoms with Gasteiger partial charge in [-0.3, -0.25) is 0 Å². The Labute approximate surface area is 192 Å². The van der Waals surface area contributed by atoms with E-state index in [1.165, 1.54) is 36.0 Å². The fourth-order valence-corrected chi connectivity index (χ4v) is 4.92. The summed E-state index contributed by atoms with van der Waals surface area (Å²) in [5.74, 6) is 0.906. The molecule has 1 atom stereocenters. The molecule has 0 amide bonds. The van der Waals surface area contributed by atoms with Crippen LogP contribution in [0, 0.1) is 0 Å². The number of hydrogen-bond donors (Lipinski definition) is 2. The van der Waals surface area contributed by atoms with E-state index < -0.39 is 0 Å². The van der Waals surface area contributed by atoms with Crippen molar-refractivity contribution in [2.45, 2.75) is 63.1 Å². The first-order valence-corrected chi connectivity index (χ1v) is 12.0. The van der Waals surface area contributed by atoms with Crippen LogP contribution < -0.4 is 10.1 Å². The van der Waals surface area contributed by atoms with Gasteiger partial charge in [0.2, 0.25) is 0 Å². The van der Waals surface area contributed by atoms with Gasteiger partial charge in [0, 0.05) is 18.2 Å². The SMILES string of the molecule is OCCCC(NC1(c2ccc(OCc3ccccc3)cc2)CCCCC1)c1ccccc1. The van der Waals surface area contributed by atoms with Gasteiger partial charge in [0.05, 0.1) is 0 Å². The molecule has 168 valence electrons. The highest BCUT2D eigenvalue weighted by Crippen LogP contribution is 2.40. The van der Waals surface area contributed by atoms with Crippen molar-refractivity contribution >= 4 is 0 Å². The van der Waals surface area contributed by atoms with Crippen molar-refractivity contribution in [2.24, 2.45) is 0 Å². The number of aliphatic hydroxyl groups excluding tert-OH is 1. The van der Waals surface area contributed by atoms with E-state index in [2.05, 4.69) is 72.0 Å². The summed E-state index contributed by atoms with van der Waals surface area (Å²) < 4.78 is 6.02. The predicted octanol–water partition coefficient (Wildman–Crippen LogP) is 6.53. The minimum Gasteiger partial charge on any atom is -0.489 e. The molecular formula is C29H35NO2. The third-order valence-electron chi connectivity index (χ3n) is 6.67. The lowest BCUT2D eigenvalue weighted by atomic mass is 9.75. The Bertz CT molecular complexity index is 918. The largest absolute Gasteiger partial charge is 0.489 e. The van der Waals surface area contributed by atoms with Crippen LogP contribution in [0.2, 0.25) is 0 Å². The molecule has 1 saturated carbocycles. The Balaban J connectivity index is 1.52. The lowest BCUT2D eigenvalue weighted by molar-refractivity contribution is 0.195. The lowest BCUT2D eigenvalue weighted by Crippen LogP contribution is -2.46. The van der Waals surface area contributed by atoms with Gasteiger partial charge in [0.15, 0.2) is 0 Å². The van der Waals surface area contributed by atoms with Crippen molar-refractivity contribution in [1.29, 1.82) is 0 Å². The van der Waals surface area contributed by atoms with Gasteiger partial charge >= 0.3 is 0 Å². The molecular weight excluding hydrogens is 394 g/mol. The molecule has 0 spiro atoms. The van der Waals surface area contributed by atoms with Crippen LogP contribution in [0.15, 0.2) is 84.9 Å². The highest BCUT2D eigenvalue weighted by Gasteiger charge is 2.35. The van der Waals surface area contributed by atoms with Crippen molar-refractivity contribution in [3.63, 3.8) is 0 Å². The van der Waals surface area contributed by atoms with E-state index in [0.29, 0.717) is 6.61 Å². The molecule has 3 nitrogen and oxygen atoms in total. The molecule has 3 aromatic carbocycles. The molecule has 0 radical (unpaired) electrons. The van der Waals surface area contributed by atoms with Crippen LogP contribution in [-0.4, -0.2) is 11.7 Å². The second kappa shape index (κ2) is 11.3. The zero-order chi connectivity index (χ0) is 22.1. The second-order valence-electron chi connectivity index (χ2n) is 8.91. The van der Waals surface area contributed by atoms with Gasteiger partial charge in [0.25, 0.3) is 0 Å². The molecule has 32 heavy (non-hydrogen) atoms. The molecule has 3 aromatic rings. The van der Waals surface area contributed by atoms with Gasteiger partial charge in [-0.2, -0.15) is 0 Å². The van der Waals surface area contributed by atoms with Crippen LogP contribution in [0.4, 0.5) is 0 Å². The van der Waals surface area contributed by atoms with Crippen molar-refractivity contribution < 1.29 is 9.84 Å². The van der Waals surface area contributed by atoms with Crippen molar-refractivity contribution in [3.05, 3.63) is 102 Å². The molecule has 2 N–H and O–H groups in total. The molecule has 0 aliphatic heterocycles. The minimum absolute atomic E-state index is 0.0355. The monoisotopic (exact) mass is 429 g/mol. The molecule has 3 heteroatoms. The smallest absolute Gasteiger partial charge is 0.119 e. The van der Waals surface area contributed by atoms with Gasteiger partial charge in [0.1, 0.15) is 12.4 Å². The summed E-state index contributed by atoms with van der Waals surface area (Å²) in [6, 6.07) is 29.9. The molecule has 0 aromatic heterocycles. The summed E-state index contributed by atoms with van der Waals surface area (Å²) in [4.78, 5) is 0. The fraction of sp³-hybridized carbons (Fsp3) is 0.379. The van der Waals surface area contributed by atoms with E-state index in [4.69, 9.17) is 4.74 Å². The van der Waals surface area contributed by atoms with E-state index >= 15 is 0 Å². The number of nitrogens with one attached hydrogen (secondary N) is 1. The first-order chi connectivity index (χ1) is 15.8. The third-order valence-corrected chi connectivity index (χ3v) is 6.67. The number of hydrogen-bond acceptors (Lipinski definition) is 3. The average Bonchev–Trinajstić information content (AvgIpc) is 2.87. The van der Waals surface area contributed by atoms with E-state index in [0.717, 1.165) is 31.4 Å². The number of rotatable bonds is 10. The Kier molecular flexibility index (Phi) is 7.97. The van der Waals surface area contributed by atoms with Gasteiger partial charge in [-0.25, -0.2) is 0 Å². The predicted molar refractivity (Wildman–Crippen MR) is 131 cm³/mol. The highest BCUT2D eigenvalue weighted by molar-refractivity contribution is 5.33. The summed E-state index contributed by atoms with van der Waals surface area (Å²) in [6.07, 6.45) is 7.78. The zero-order valence-corrected chi connectivity index (χ0v) is 18.9. The lowest BCUT2D eigenvalue weighted by Gasteiger charge is -2.42. The Morgan fingerprint density at radius 3 is 2.12 bits per heavy atom. The number of aliphatic hydroxyl groups is 1. The minimum atomic E-state index is -0.0355. The third kappa shape index (κ3) is 5.79. The van der Waals surface area contributed by atoms with Gasteiger partial charge in [-0.15, -0.1) is 0 Å². The van der Waals surface area contributed by atoms with Crippen LogP contribution in [0.25, 0.3) is 0 Å². The molecule has 1 unspecified atom stereocenters. The number of benzene rings is 3. The topological polar surface area (TPSA) is 41.5 Å². The maximum atomic E-state index is 9.47. The Morgan fingerprint density at radius 1 is 0.812 bits per heavy atom. The van der Waals surface area contributed by atoms with E-state index in [1.54, 1.807) is 0 Å². The Hall–Kier alpha value is -2.62. The number of ether oxygens (including phenoxy) is 1. The van der Waals surface area contributed by atoms with Gasteiger partial charge < -0.3 is 15.2 Å². The standard InChI is InChI=1S/C29H35NO2/c31-22-10-15-28(25-13-6-2-7-14-25)30-29(20-8-3-9-21-29)26-16-18-27(19-17-26)32-23-24-11-4-1-5-12-24/h1-2,4-7,11-14,16-19,28,30-31H,3,8-10,15,20-23H2. The van der Waals surface area contributed by atoms with Gasteiger partial charge in [-0.1, -0.05) is 92.1 Å². The zero-order valence-electron chi connectivity index (χ0n) is 18.9. The highest BCUT2D eigenvalue weighted by atomic mass is 16.5. The summed E-state index contributed by atoms with van der Waals surface area (Å²) in [6.45, 7) is 0.812. The van der Waals surface area contributed by atoms with Crippen LogP contribution in [-0.2, 0) is 12.1 Å². The summed E-state index contributed by atoms with van der Waals surface area (Å²) in [5.41, 5.74) is 3.78. The van der Waals surface area contributed by atoms with E-state index in [1.807, 2.05) is 18.2 Å². The molecule has 1 aliphatic rings. The van der Waals surface area contributed by atoms with E-state index in [-0.39, 0.29) is 18.2 Å². The van der Waals surface area contributed by atoms with Crippen molar-refractivity contribution in [1.82, 2.24) is 5.32 Å². The Morgan fingerprint density at radius 2 is 1.47 bits per heavy atom. The molecule has 0 saturated heterocycles. The van der Waals surface area contributed by atoms with Crippen molar-refractivity contribution in [3.8, 4) is 5.75 Å². The molecule has 1 fully saturated rings. The molecule has 0 bridgehead atoms. The van der Waals surface area contributed by atoms with Crippen LogP contribution >= 0.6 is 0 Å². The molecule has 1 aliphatic carbocycles.